The minimum absolute atomic E-state index is 0.00968. The smallest absolute Gasteiger partial charge is 0.307 e. The highest BCUT2D eigenvalue weighted by Gasteiger charge is 2.24. The Labute approximate surface area is 82.9 Å². The van der Waals surface area contributed by atoms with Gasteiger partial charge in [-0.1, -0.05) is 6.92 Å². The number of carbonyl (C=O) groups is 2. The van der Waals surface area contributed by atoms with E-state index in [9.17, 15) is 9.59 Å². The molecule has 0 amide bonds. The SMILES string of the molecule is CC(N)C(C)CC(CC(=O)O)C(=O)O. The second kappa shape index (κ2) is 5.59. The second-order valence-electron chi connectivity index (χ2n) is 3.71. The average molecular weight is 203 g/mol. The van der Waals surface area contributed by atoms with Crippen LogP contribution in [0.5, 0.6) is 0 Å². The number of hydrogen-bond donors (Lipinski definition) is 3. The molecule has 0 aromatic heterocycles. The van der Waals surface area contributed by atoms with Crippen LogP contribution in [0.4, 0.5) is 0 Å². The van der Waals surface area contributed by atoms with E-state index in [-0.39, 0.29) is 18.4 Å². The lowest BCUT2D eigenvalue weighted by Crippen LogP contribution is -2.29. The Bertz CT molecular complexity index is 215. The largest absolute Gasteiger partial charge is 0.481 e. The quantitative estimate of drug-likeness (QED) is 0.584. The van der Waals surface area contributed by atoms with Gasteiger partial charge in [-0.2, -0.15) is 0 Å². The van der Waals surface area contributed by atoms with Gasteiger partial charge in [-0.25, -0.2) is 0 Å². The molecule has 0 aliphatic rings. The summed E-state index contributed by atoms with van der Waals surface area (Å²) in [4.78, 5) is 21.1. The molecule has 0 spiro atoms. The third-order valence-electron chi connectivity index (χ3n) is 2.32. The first kappa shape index (κ1) is 12.9. The molecule has 82 valence electrons. The summed E-state index contributed by atoms with van der Waals surface area (Å²) in [5.41, 5.74) is 5.57. The standard InChI is InChI=1S/C9H17NO4/c1-5(6(2)10)3-7(9(13)14)4-8(11)12/h5-7H,3-4,10H2,1-2H3,(H,11,12)(H,13,14). The van der Waals surface area contributed by atoms with E-state index in [1.165, 1.54) is 0 Å². The highest BCUT2D eigenvalue weighted by Crippen LogP contribution is 2.18. The Kier molecular flexibility index (Phi) is 5.15. The zero-order valence-electron chi connectivity index (χ0n) is 8.43. The highest BCUT2D eigenvalue weighted by molar-refractivity contribution is 5.77. The maximum Gasteiger partial charge on any atom is 0.307 e. The van der Waals surface area contributed by atoms with E-state index in [1.807, 2.05) is 6.92 Å². The molecular formula is C9H17NO4. The Morgan fingerprint density at radius 2 is 1.79 bits per heavy atom. The lowest BCUT2D eigenvalue weighted by atomic mass is 9.89. The molecule has 3 unspecified atom stereocenters. The van der Waals surface area contributed by atoms with E-state index in [4.69, 9.17) is 15.9 Å². The van der Waals surface area contributed by atoms with Crippen molar-refractivity contribution in [2.45, 2.75) is 32.7 Å². The fourth-order valence-corrected chi connectivity index (χ4v) is 1.15. The van der Waals surface area contributed by atoms with E-state index >= 15 is 0 Å². The molecule has 4 N–H and O–H groups in total. The van der Waals surface area contributed by atoms with Crippen molar-refractivity contribution in [3.8, 4) is 0 Å². The zero-order valence-corrected chi connectivity index (χ0v) is 8.43. The molecule has 0 saturated heterocycles. The van der Waals surface area contributed by atoms with Gasteiger partial charge >= 0.3 is 11.9 Å². The number of nitrogens with two attached hydrogens (primary N) is 1. The van der Waals surface area contributed by atoms with Gasteiger partial charge in [0.2, 0.25) is 0 Å². The molecular weight excluding hydrogens is 186 g/mol. The van der Waals surface area contributed by atoms with Crippen LogP contribution < -0.4 is 5.73 Å². The topological polar surface area (TPSA) is 101 Å². The van der Waals surface area contributed by atoms with Gasteiger partial charge < -0.3 is 15.9 Å². The van der Waals surface area contributed by atoms with Crippen molar-refractivity contribution in [2.24, 2.45) is 17.6 Å². The molecule has 0 heterocycles. The van der Waals surface area contributed by atoms with Gasteiger partial charge in [-0.15, -0.1) is 0 Å². The van der Waals surface area contributed by atoms with Gasteiger partial charge in [0.05, 0.1) is 12.3 Å². The highest BCUT2D eigenvalue weighted by atomic mass is 16.4. The van der Waals surface area contributed by atoms with Crippen LogP contribution in [-0.2, 0) is 9.59 Å². The Morgan fingerprint density at radius 1 is 1.29 bits per heavy atom. The first-order valence-electron chi connectivity index (χ1n) is 4.54. The maximum absolute atomic E-state index is 10.7. The molecule has 0 aromatic carbocycles. The fourth-order valence-electron chi connectivity index (χ4n) is 1.15. The van der Waals surface area contributed by atoms with Crippen molar-refractivity contribution in [2.75, 3.05) is 0 Å². The summed E-state index contributed by atoms with van der Waals surface area (Å²) in [6.07, 6.45) is -0.0360. The summed E-state index contributed by atoms with van der Waals surface area (Å²) < 4.78 is 0. The Morgan fingerprint density at radius 3 is 2.07 bits per heavy atom. The molecule has 14 heavy (non-hydrogen) atoms. The van der Waals surface area contributed by atoms with E-state index in [0.29, 0.717) is 6.42 Å². The van der Waals surface area contributed by atoms with Crippen LogP contribution in [0.1, 0.15) is 26.7 Å². The summed E-state index contributed by atoms with van der Waals surface area (Å²) in [7, 11) is 0. The Balaban J connectivity index is 4.23. The van der Waals surface area contributed by atoms with Crippen LogP contribution >= 0.6 is 0 Å². The summed E-state index contributed by atoms with van der Waals surface area (Å²) in [6, 6.07) is -0.120. The molecule has 0 rings (SSSR count). The van der Waals surface area contributed by atoms with Crippen molar-refractivity contribution in [3.63, 3.8) is 0 Å². The fraction of sp³-hybridized carbons (Fsp3) is 0.778. The molecule has 0 radical (unpaired) electrons. The Hall–Kier alpha value is -1.10. The molecule has 0 aliphatic heterocycles. The first-order chi connectivity index (χ1) is 6.34. The molecule has 0 aromatic rings. The predicted octanol–water partition coefficient (Wildman–Crippen LogP) is 0.535. The third-order valence-corrected chi connectivity index (χ3v) is 2.32. The van der Waals surface area contributed by atoms with E-state index in [0.717, 1.165) is 0 Å². The summed E-state index contributed by atoms with van der Waals surface area (Å²) in [5.74, 6) is -2.99. The van der Waals surface area contributed by atoms with Crippen molar-refractivity contribution in [1.29, 1.82) is 0 Å². The van der Waals surface area contributed by atoms with Gasteiger partial charge in [0.1, 0.15) is 0 Å². The van der Waals surface area contributed by atoms with Gasteiger partial charge in [-0.3, -0.25) is 9.59 Å². The number of carboxylic acids is 2. The van der Waals surface area contributed by atoms with Gasteiger partial charge in [0.25, 0.3) is 0 Å². The normalized spacial score (nSPS) is 17.1. The van der Waals surface area contributed by atoms with Gasteiger partial charge in [0.15, 0.2) is 0 Å². The van der Waals surface area contributed by atoms with Crippen molar-refractivity contribution in [3.05, 3.63) is 0 Å². The van der Waals surface area contributed by atoms with Crippen LogP contribution in [0.15, 0.2) is 0 Å². The zero-order chi connectivity index (χ0) is 11.3. The monoisotopic (exact) mass is 203 g/mol. The van der Waals surface area contributed by atoms with E-state index in [1.54, 1.807) is 6.92 Å². The number of aliphatic carboxylic acids is 2. The minimum Gasteiger partial charge on any atom is -0.481 e. The average Bonchev–Trinajstić information content (AvgIpc) is 2.01. The molecule has 0 bridgehead atoms. The van der Waals surface area contributed by atoms with Crippen LogP contribution in [0.2, 0.25) is 0 Å². The predicted molar refractivity (Wildman–Crippen MR) is 50.8 cm³/mol. The van der Waals surface area contributed by atoms with Gasteiger partial charge in [-0.05, 0) is 19.3 Å². The number of carboxylic acid groups (broad SMARTS) is 2. The lowest BCUT2D eigenvalue weighted by molar-refractivity contribution is -0.148. The number of hydrogen-bond acceptors (Lipinski definition) is 3. The second-order valence-corrected chi connectivity index (χ2v) is 3.71. The van der Waals surface area contributed by atoms with Crippen molar-refractivity contribution in [1.82, 2.24) is 0 Å². The minimum atomic E-state index is -1.09. The van der Waals surface area contributed by atoms with Crippen LogP contribution in [0, 0.1) is 11.8 Å². The molecule has 0 saturated carbocycles. The molecule has 5 nitrogen and oxygen atoms in total. The number of rotatable bonds is 6. The van der Waals surface area contributed by atoms with Crippen molar-refractivity contribution < 1.29 is 19.8 Å². The van der Waals surface area contributed by atoms with Crippen LogP contribution in [0.3, 0.4) is 0 Å². The molecule has 3 atom stereocenters. The van der Waals surface area contributed by atoms with Crippen LogP contribution in [-0.4, -0.2) is 28.2 Å². The summed E-state index contributed by atoms with van der Waals surface area (Å²) >= 11 is 0. The maximum atomic E-state index is 10.7. The van der Waals surface area contributed by atoms with Crippen molar-refractivity contribution >= 4 is 11.9 Å². The lowest BCUT2D eigenvalue weighted by Gasteiger charge is -2.19. The third kappa shape index (κ3) is 4.81. The molecule has 0 fully saturated rings. The summed E-state index contributed by atoms with van der Waals surface area (Å²) in [6.45, 7) is 3.60. The molecule has 5 heteroatoms. The first-order valence-corrected chi connectivity index (χ1v) is 4.54. The van der Waals surface area contributed by atoms with E-state index in [2.05, 4.69) is 0 Å². The summed E-state index contributed by atoms with van der Waals surface area (Å²) in [5, 5.41) is 17.2. The van der Waals surface area contributed by atoms with E-state index < -0.39 is 17.9 Å². The van der Waals surface area contributed by atoms with Crippen LogP contribution in [0.25, 0.3) is 0 Å². The molecule has 0 aliphatic carbocycles. The van der Waals surface area contributed by atoms with Gasteiger partial charge in [0, 0.05) is 6.04 Å².